The molecule has 0 spiro atoms. The molecule has 21 heavy (non-hydrogen) atoms. The van der Waals surface area contributed by atoms with Gasteiger partial charge in [0.1, 0.15) is 0 Å². The maximum atomic E-state index is 13.2. The first kappa shape index (κ1) is 16.6. The van der Waals surface area contributed by atoms with Crippen molar-refractivity contribution in [3.05, 3.63) is 29.8 Å². The van der Waals surface area contributed by atoms with Crippen molar-refractivity contribution in [2.24, 2.45) is 5.92 Å². The van der Waals surface area contributed by atoms with Crippen LogP contribution in [0.4, 0.5) is 8.78 Å². The largest absolute Gasteiger partial charge is 0.241 e. The van der Waals surface area contributed by atoms with E-state index < -0.39 is 27.2 Å². The zero-order chi connectivity index (χ0) is 15.7. The van der Waals surface area contributed by atoms with Crippen molar-refractivity contribution >= 4 is 21.6 Å². The van der Waals surface area contributed by atoms with Gasteiger partial charge in [0, 0.05) is 11.4 Å². The van der Waals surface area contributed by atoms with Crippen LogP contribution in [0.25, 0.3) is 0 Å². The van der Waals surface area contributed by atoms with Crippen LogP contribution < -0.4 is 4.72 Å². The number of benzene rings is 1. The van der Waals surface area contributed by atoms with E-state index in [2.05, 4.69) is 11.6 Å². The third-order valence-corrected chi connectivity index (χ3v) is 6.13. The molecule has 1 aromatic carbocycles. The number of halogens is 3. The number of rotatable bonds is 4. The molecule has 118 valence electrons. The quantitative estimate of drug-likeness (QED) is 0.856. The highest BCUT2D eigenvalue weighted by molar-refractivity contribution is 7.89. The Morgan fingerprint density at radius 1 is 1.29 bits per heavy atom. The highest BCUT2D eigenvalue weighted by Crippen LogP contribution is 2.34. The lowest BCUT2D eigenvalue weighted by molar-refractivity contribution is 0.247. The third-order valence-electron chi connectivity index (χ3n) is 4.04. The average molecular weight is 338 g/mol. The van der Waals surface area contributed by atoms with Gasteiger partial charge >= 0.3 is 0 Å². The molecule has 0 atom stereocenters. The molecule has 0 aromatic heterocycles. The predicted molar refractivity (Wildman–Crippen MR) is 77.8 cm³/mol. The molecule has 3 nitrogen and oxygen atoms in total. The zero-order valence-electron chi connectivity index (χ0n) is 11.7. The minimum atomic E-state index is -3.93. The van der Waals surface area contributed by atoms with Crippen molar-refractivity contribution in [3.63, 3.8) is 0 Å². The van der Waals surface area contributed by atoms with Crippen molar-refractivity contribution in [2.75, 3.05) is 5.88 Å². The van der Waals surface area contributed by atoms with E-state index in [1.54, 1.807) is 0 Å². The lowest BCUT2D eigenvalue weighted by Gasteiger charge is -2.38. The predicted octanol–water partition coefficient (Wildman–Crippen LogP) is 3.43. The molecule has 1 fully saturated rings. The van der Waals surface area contributed by atoms with Crippen LogP contribution in [0, 0.1) is 17.6 Å². The normalized spacial score (nSPS) is 26.8. The van der Waals surface area contributed by atoms with E-state index in [0.29, 0.717) is 24.8 Å². The summed E-state index contributed by atoms with van der Waals surface area (Å²) in [7, 11) is -3.93. The van der Waals surface area contributed by atoms with E-state index in [-0.39, 0.29) is 10.8 Å². The van der Waals surface area contributed by atoms with Crippen LogP contribution in [0.2, 0.25) is 0 Å². The van der Waals surface area contributed by atoms with Crippen LogP contribution in [-0.4, -0.2) is 19.8 Å². The molecule has 0 saturated heterocycles. The van der Waals surface area contributed by atoms with Crippen LogP contribution in [0.3, 0.4) is 0 Å². The Kier molecular flexibility index (Phi) is 4.90. The fourth-order valence-electron chi connectivity index (χ4n) is 2.57. The molecule has 0 radical (unpaired) electrons. The van der Waals surface area contributed by atoms with E-state index in [9.17, 15) is 17.2 Å². The maximum absolute atomic E-state index is 13.2. The maximum Gasteiger partial charge on any atom is 0.241 e. The molecule has 7 heteroatoms. The molecule has 1 aromatic rings. The number of nitrogens with one attached hydrogen (secondary N) is 1. The molecule has 1 saturated carbocycles. The van der Waals surface area contributed by atoms with Gasteiger partial charge < -0.3 is 0 Å². The van der Waals surface area contributed by atoms with E-state index in [0.717, 1.165) is 25.0 Å². The Hall–Kier alpha value is -0.720. The summed E-state index contributed by atoms with van der Waals surface area (Å²) in [4.78, 5) is -0.287. The summed E-state index contributed by atoms with van der Waals surface area (Å²) in [6, 6.07) is 2.54. The lowest BCUT2D eigenvalue weighted by atomic mass is 9.79. The molecule has 1 aliphatic carbocycles. The second kappa shape index (κ2) is 6.18. The summed E-state index contributed by atoms with van der Waals surface area (Å²) < 4.78 is 53.4. The summed E-state index contributed by atoms with van der Waals surface area (Å²) in [5, 5.41) is 0. The Morgan fingerprint density at radius 2 is 1.90 bits per heavy atom. The fourth-order valence-corrected chi connectivity index (χ4v) is 4.45. The zero-order valence-corrected chi connectivity index (χ0v) is 13.3. The van der Waals surface area contributed by atoms with Gasteiger partial charge in [-0.25, -0.2) is 21.9 Å². The Bertz CT molecular complexity index is 613. The third kappa shape index (κ3) is 3.73. The van der Waals surface area contributed by atoms with Crippen molar-refractivity contribution < 1.29 is 17.2 Å². The number of hydrogen-bond acceptors (Lipinski definition) is 2. The SMILES string of the molecule is CC1CCC(CCl)(NS(=O)(=O)c2ccc(F)c(F)c2)CC1. The van der Waals surface area contributed by atoms with Gasteiger partial charge in [-0.1, -0.05) is 6.92 Å². The van der Waals surface area contributed by atoms with Gasteiger partial charge in [0.25, 0.3) is 0 Å². The molecule has 0 amide bonds. The molecular weight excluding hydrogens is 320 g/mol. The van der Waals surface area contributed by atoms with Gasteiger partial charge in [-0.05, 0) is 49.8 Å². The van der Waals surface area contributed by atoms with Gasteiger partial charge in [-0.15, -0.1) is 11.6 Å². The minimum Gasteiger partial charge on any atom is -0.207 e. The second-order valence-electron chi connectivity index (χ2n) is 5.78. The first-order valence-corrected chi connectivity index (χ1v) is 8.85. The van der Waals surface area contributed by atoms with E-state index in [4.69, 9.17) is 11.6 Å². The van der Waals surface area contributed by atoms with E-state index in [1.807, 2.05) is 0 Å². The summed E-state index contributed by atoms with van der Waals surface area (Å²) >= 11 is 5.97. The Morgan fingerprint density at radius 3 is 2.43 bits per heavy atom. The van der Waals surface area contributed by atoms with Crippen LogP contribution >= 0.6 is 11.6 Å². The van der Waals surface area contributed by atoms with Gasteiger partial charge in [0.05, 0.1) is 4.90 Å². The molecule has 1 aliphatic rings. The van der Waals surface area contributed by atoms with Gasteiger partial charge in [0.2, 0.25) is 10.0 Å². The van der Waals surface area contributed by atoms with E-state index >= 15 is 0 Å². The molecule has 0 bridgehead atoms. The van der Waals surface area contributed by atoms with Crippen LogP contribution in [0.1, 0.15) is 32.6 Å². The van der Waals surface area contributed by atoms with E-state index in [1.165, 1.54) is 0 Å². The van der Waals surface area contributed by atoms with Gasteiger partial charge in [0.15, 0.2) is 11.6 Å². The number of alkyl halides is 1. The highest BCUT2D eigenvalue weighted by Gasteiger charge is 2.37. The molecule has 2 rings (SSSR count). The van der Waals surface area contributed by atoms with Crippen molar-refractivity contribution in [1.29, 1.82) is 0 Å². The second-order valence-corrected chi connectivity index (χ2v) is 7.73. The van der Waals surface area contributed by atoms with Crippen molar-refractivity contribution in [2.45, 2.75) is 43.0 Å². The Balaban J connectivity index is 2.25. The summed E-state index contributed by atoms with van der Waals surface area (Å²) in [5.74, 6) is -1.57. The number of hydrogen-bond donors (Lipinski definition) is 1. The summed E-state index contributed by atoms with van der Waals surface area (Å²) in [6.07, 6.45) is 3.04. The average Bonchev–Trinajstić information content (AvgIpc) is 2.44. The molecule has 0 aliphatic heterocycles. The van der Waals surface area contributed by atoms with Crippen LogP contribution in [0.5, 0.6) is 0 Å². The summed E-state index contributed by atoms with van der Waals surface area (Å²) in [6.45, 7) is 2.11. The monoisotopic (exact) mass is 337 g/mol. The molecule has 1 N–H and O–H groups in total. The van der Waals surface area contributed by atoms with Gasteiger partial charge in [-0.3, -0.25) is 0 Å². The lowest BCUT2D eigenvalue weighted by Crippen LogP contribution is -2.51. The number of sulfonamides is 1. The minimum absolute atomic E-state index is 0.155. The van der Waals surface area contributed by atoms with Gasteiger partial charge in [-0.2, -0.15) is 0 Å². The fraction of sp³-hybridized carbons (Fsp3) is 0.571. The standard InChI is InChI=1S/C14H18ClF2NO2S/c1-10-4-6-14(9-15,7-5-10)18-21(19,20)11-2-3-12(16)13(17)8-11/h2-3,8,10,18H,4-7,9H2,1H3. The summed E-state index contributed by atoms with van der Waals surface area (Å²) in [5.41, 5.74) is -0.711. The molecule has 0 unspecified atom stereocenters. The highest BCUT2D eigenvalue weighted by atomic mass is 35.5. The molecule has 0 heterocycles. The van der Waals surface area contributed by atoms with Crippen molar-refractivity contribution in [1.82, 2.24) is 4.72 Å². The smallest absolute Gasteiger partial charge is 0.207 e. The Labute approximate surface area is 128 Å². The first-order valence-electron chi connectivity index (χ1n) is 6.83. The van der Waals surface area contributed by atoms with Crippen LogP contribution in [-0.2, 0) is 10.0 Å². The van der Waals surface area contributed by atoms with Crippen molar-refractivity contribution in [3.8, 4) is 0 Å². The topological polar surface area (TPSA) is 46.2 Å². The molecular formula is C14H18ClF2NO2S. The first-order chi connectivity index (χ1) is 9.78. The van der Waals surface area contributed by atoms with Crippen LogP contribution in [0.15, 0.2) is 23.1 Å².